The van der Waals surface area contributed by atoms with E-state index in [4.69, 9.17) is 4.74 Å². The summed E-state index contributed by atoms with van der Waals surface area (Å²) in [5.41, 5.74) is 1.91. The van der Waals surface area contributed by atoms with E-state index in [9.17, 15) is 23.3 Å². The van der Waals surface area contributed by atoms with Crippen LogP contribution in [0.4, 0.5) is 0 Å². The van der Waals surface area contributed by atoms with Gasteiger partial charge in [-0.25, -0.2) is 13.2 Å². The molecule has 164 valence electrons. The average molecular weight is 445 g/mol. The third-order valence-corrected chi connectivity index (χ3v) is 7.39. The summed E-state index contributed by atoms with van der Waals surface area (Å²) in [5.74, 6) is -0.798. The fourth-order valence-corrected chi connectivity index (χ4v) is 5.29. The molecule has 31 heavy (non-hydrogen) atoms. The van der Waals surface area contributed by atoms with Gasteiger partial charge in [0.05, 0.1) is 23.1 Å². The second-order valence-electron chi connectivity index (χ2n) is 7.13. The number of esters is 1. The zero-order chi connectivity index (χ0) is 22.8. The highest BCUT2D eigenvalue weighted by atomic mass is 32.2. The molecule has 1 aromatic carbocycles. The third kappa shape index (κ3) is 4.06. The molecule has 1 amide bonds. The van der Waals surface area contributed by atoms with Gasteiger partial charge in [0.25, 0.3) is 5.91 Å². The van der Waals surface area contributed by atoms with Gasteiger partial charge in [-0.3, -0.25) is 4.79 Å². The van der Waals surface area contributed by atoms with Gasteiger partial charge < -0.3 is 14.6 Å². The Balaban J connectivity index is 1.79. The van der Waals surface area contributed by atoms with Gasteiger partial charge in [-0.2, -0.15) is 9.57 Å². The molecule has 2 aromatic rings. The number of rotatable bonds is 5. The molecule has 0 aliphatic carbocycles. The van der Waals surface area contributed by atoms with Crippen LogP contribution in [-0.4, -0.2) is 67.8 Å². The maximum Gasteiger partial charge on any atom is 0.339 e. The molecule has 0 unspecified atom stereocenters. The van der Waals surface area contributed by atoms with E-state index in [1.807, 2.05) is 13.0 Å². The number of methoxy groups -OCH3 is 1. The van der Waals surface area contributed by atoms with Crippen LogP contribution < -0.4 is 0 Å². The summed E-state index contributed by atoms with van der Waals surface area (Å²) in [6.07, 6.45) is 0.531. The summed E-state index contributed by atoms with van der Waals surface area (Å²) in [5, 5.41) is 9.23. The number of hydrogen-bond acceptors (Lipinski definition) is 6. The largest absolute Gasteiger partial charge is 0.465 e. The smallest absolute Gasteiger partial charge is 0.339 e. The van der Waals surface area contributed by atoms with Gasteiger partial charge in [0.2, 0.25) is 10.0 Å². The molecule has 0 spiro atoms. The third-order valence-electron chi connectivity index (χ3n) is 5.44. The lowest BCUT2D eigenvalue weighted by Gasteiger charge is -2.34. The number of benzene rings is 1. The number of hydrogen-bond donors (Lipinski definition) is 1. The van der Waals surface area contributed by atoms with Gasteiger partial charge in [-0.05, 0) is 31.0 Å². The maximum atomic E-state index is 13.1. The number of nitrogens with one attached hydrogen (secondary N) is 1. The molecular formula is C21H24N4O5S. The Bertz CT molecular complexity index is 1150. The van der Waals surface area contributed by atoms with Crippen molar-refractivity contribution in [2.75, 3.05) is 33.3 Å². The first-order valence-electron chi connectivity index (χ1n) is 9.84. The molecule has 1 aromatic heterocycles. The van der Waals surface area contributed by atoms with E-state index in [0.29, 0.717) is 28.9 Å². The minimum Gasteiger partial charge on any atom is -0.465 e. The lowest BCUT2D eigenvalue weighted by molar-refractivity contribution is 0.0599. The molecule has 1 aliphatic heterocycles. The van der Waals surface area contributed by atoms with Crippen LogP contribution in [0, 0.1) is 18.3 Å². The Morgan fingerprint density at radius 1 is 1.19 bits per heavy atom. The van der Waals surface area contributed by atoms with Crippen LogP contribution in [0.2, 0.25) is 0 Å². The molecule has 2 heterocycles. The lowest BCUT2D eigenvalue weighted by Crippen LogP contribution is -2.50. The molecule has 0 saturated carbocycles. The molecule has 3 rings (SSSR count). The van der Waals surface area contributed by atoms with Crippen LogP contribution in [0.5, 0.6) is 0 Å². The van der Waals surface area contributed by atoms with E-state index in [0.717, 1.165) is 0 Å². The van der Waals surface area contributed by atoms with E-state index < -0.39 is 16.0 Å². The predicted octanol–water partition coefficient (Wildman–Crippen LogP) is 1.69. The van der Waals surface area contributed by atoms with Gasteiger partial charge >= 0.3 is 5.97 Å². The number of H-pyrrole nitrogens is 1. The topological polar surface area (TPSA) is 124 Å². The average Bonchev–Trinajstić information content (AvgIpc) is 3.14. The minimum absolute atomic E-state index is 0.0344. The molecule has 0 bridgehead atoms. The van der Waals surface area contributed by atoms with E-state index in [-0.39, 0.29) is 42.5 Å². The molecule has 1 saturated heterocycles. The number of aryl methyl sites for hydroxylation is 1. The number of carbonyl (C=O) groups excluding carboxylic acids is 2. The molecule has 10 heteroatoms. The standard InChI is InChI=1S/C21H24N4O5S/c1-4-16-18(21(27)30-3)14(2)19(23-16)20(26)24-9-11-25(12-10-24)31(28,29)17-8-6-5-7-15(17)13-22/h5-8,23H,4,9-12H2,1-3H3. The van der Waals surface area contributed by atoms with Gasteiger partial charge in [-0.15, -0.1) is 0 Å². The summed E-state index contributed by atoms with van der Waals surface area (Å²) < 4.78 is 32.1. The molecule has 1 N–H and O–H groups in total. The van der Waals surface area contributed by atoms with Crippen molar-refractivity contribution in [2.45, 2.75) is 25.2 Å². The van der Waals surface area contributed by atoms with Gasteiger partial charge in [0.15, 0.2) is 0 Å². The number of amides is 1. The van der Waals surface area contributed by atoms with Crippen LogP contribution >= 0.6 is 0 Å². The highest BCUT2D eigenvalue weighted by Gasteiger charge is 2.33. The fraction of sp³-hybridized carbons (Fsp3) is 0.381. The van der Waals surface area contributed by atoms with Gasteiger partial charge in [-0.1, -0.05) is 19.1 Å². The van der Waals surface area contributed by atoms with Crippen molar-refractivity contribution in [1.82, 2.24) is 14.2 Å². The molecule has 0 atom stereocenters. The number of sulfonamides is 1. The molecule has 1 fully saturated rings. The van der Waals surface area contributed by atoms with Crippen molar-refractivity contribution in [2.24, 2.45) is 0 Å². The highest BCUT2D eigenvalue weighted by Crippen LogP contribution is 2.24. The van der Waals surface area contributed by atoms with Crippen molar-refractivity contribution >= 4 is 21.9 Å². The second kappa shape index (κ2) is 8.91. The first-order chi connectivity index (χ1) is 14.8. The monoisotopic (exact) mass is 444 g/mol. The van der Waals surface area contributed by atoms with Gasteiger partial charge in [0.1, 0.15) is 11.8 Å². The minimum atomic E-state index is -3.84. The summed E-state index contributed by atoms with van der Waals surface area (Å²) >= 11 is 0. The van der Waals surface area contributed by atoms with Crippen molar-refractivity contribution in [3.63, 3.8) is 0 Å². The normalized spacial score (nSPS) is 14.8. The predicted molar refractivity (Wildman–Crippen MR) is 112 cm³/mol. The fourth-order valence-electron chi connectivity index (χ4n) is 3.73. The van der Waals surface area contributed by atoms with Crippen molar-refractivity contribution in [3.8, 4) is 6.07 Å². The second-order valence-corrected chi connectivity index (χ2v) is 9.03. The maximum absolute atomic E-state index is 13.1. The van der Waals surface area contributed by atoms with Crippen LogP contribution in [0.1, 0.15) is 44.6 Å². The van der Waals surface area contributed by atoms with Crippen LogP contribution in [-0.2, 0) is 21.2 Å². The first kappa shape index (κ1) is 22.5. The van der Waals surface area contributed by atoms with E-state index in [1.165, 1.54) is 23.5 Å². The molecule has 0 radical (unpaired) electrons. The van der Waals surface area contributed by atoms with E-state index >= 15 is 0 Å². The van der Waals surface area contributed by atoms with Crippen LogP contribution in [0.15, 0.2) is 29.2 Å². The zero-order valence-corrected chi connectivity index (χ0v) is 18.5. The number of nitriles is 1. The van der Waals surface area contributed by atoms with E-state index in [1.54, 1.807) is 24.0 Å². The lowest BCUT2D eigenvalue weighted by atomic mass is 10.1. The van der Waals surface area contributed by atoms with Crippen molar-refractivity contribution in [1.29, 1.82) is 5.26 Å². The zero-order valence-electron chi connectivity index (χ0n) is 17.6. The van der Waals surface area contributed by atoms with Crippen LogP contribution in [0.25, 0.3) is 0 Å². The Labute approximate surface area is 181 Å². The first-order valence-corrected chi connectivity index (χ1v) is 11.3. The number of piperazine rings is 1. The summed E-state index contributed by atoms with van der Waals surface area (Å²) in [6, 6.07) is 7.97. The Hall–Kier alpha value is -3.16. The quantitative estimate of drug-likeness (QED) is 0.700. The summed E-state index contributed by atoms with van der Waals surface area (Å²) in [6.45, 7) is 4.17. The SMILES string of the molecule is CCc1[nH]c(C(=O)N2CCN(S(=O)(=O)c3ccccc3C#N)CC2)c(C)c1C(=O)OC. The molecule has 9 nitrogen and oxygen atoms in total. The van der Waals surface area contributed by atoms with Crippen molar-refractivity contribution in [3.05, 3.63) is 52.3 Å². The number of aromatic nitrogens is 1. The molecule has 1 aliphatic rings. The van der Waals surface area contributed by atoms with E-state index in [2.05, 4.69) is 4.98 Å². The van der Waals surface area contributed by atoms with Crippen molar-refractivity contribution < 1.29 is 22.7 Å². The number of carbonyl (C=O) groups is 2. The Morgan fingerprint density at radius 2 is 1.84 bits per heavy atom. The summed E-state index contributed by atoms with van der Waals surface area (Å²) in [4.78, 5) is 29.7. The summed E-state index contributed by atoms with van der Waals surface area (Å²) in [7, 11) is -2.55. The van der Waals surface area contributed by atoms with Crippen LogP contribution in [0.3, 0.4) is 0 Å². The highest BCUT2D eigenvalue weighted by molar-refractivity contribution is 7.89. The Morgan fingerprint density at radius 3 is 2.42 bits per heavy atom. The number of ether oxygens (including phenoxy) is 1. The van der Waals surface area contributed by atoms with Gasteiger partial charge in [0, 0.05) is 31.9 Å². The number of aromatic amines is 1. The molecular weight excluding hydrogens is 420 g/mol. The number of nitrogens with zero attached hydrogens (tertiary/aromatic N) is 3. The Kier molecular flexibility index (Phi) is 6.48.